The molecule has 1 aliphatic heterocycles. The van der Waals surface area contributed by atoms with Crippen LogP contribution in [0, 0.1) is 0 Å². The van der Waals surface area contributed by atoms with E-state index >= 15 is 0 Å². The molecule has 0 radical (unpaired) electrons. The van der Waals surface area contributed by atoms with Crippen molar-refractivity contribution in [1.82, 2.24) is 0 Å². The Morgan fingerprint density at radius 1 is 1.29 bits per heavy atom. The van der Waals surface area contributed by atoms with Crippen molar-refractivity contribution in [3.05, 3.63) is 18.2 Å². The molecule has 0 saturated heterocycles. The van der Waals surface area contributed by atoms with Gasteiger partial charge in [0.1, 0.15) is 5.75 Å². The first-order chi connectivity index (χ1) is 9.92. The second kappa shape index (κ2) is 5.90. The molecule has 2 amide bonds. The Labute approximate surface area is 122 Å². The van der Waals surface area contributed by atoms with Crippen LogP contribution < -0.4 is 15.4 Å². The summed E-state index contributed by atoms with van der Waals surface area (Å²) in [5.41, 5.74) is 0.723. The van der Waals surface area contributed by atoms with Crippen molar-refractivity contribution >= 4 is 23.2 Å². The minimum absolute atomic E-state index is 0.146. The Bertz CT molecular complexity index is 592. The summed E-state index contributed by atoms with van der Waals surface area (Å²) in [5.74, 6) is 0.207. The van der Waals surface area contributed by atoms with E-state index in [4.69, 9.17) is 4.74 Å². The van der Waals surface area contributed by atoms with E-state index in [0.29, 0.717) is 30.0 Å². The second-order valence-electron chi connectivity index (χ2n) is 5.06. The van der Waals surface area contributed by atoms with Gasteiger partial charge in [-0.1, -0.05) is 0 Å². The molecule has 1 heterocycles. The average molecular weight is 290 g/mol. The highest BCUT2D eigenvalue weighted by molar-refractivity contribution is 5.94. The number of amides is 2. The summed E-state index contributed by atoms with van der Waals surface area (Å²) >= 11 is 0. The van der Waals surface area contributed by atoms with E-state index in [1.165, 1.54) is 14.0 Å². The Morgan fingerprint density at radius 3 is 2.57 bits per heavy atom. The number of ether oxygens (including phenoxy) is 1. The summed E-state index contributed by atoms with van der Waals surface area (Å²) in [4.78, 5) is 23.0. The molecular weight excluding hydrogens is 272 g/mol. The summed E-state index contributed by atoms with van der Waals surface area (Å²) in [5, 5.41) is 13.2. The molecule has 2 rings (SSSR count). The zero-order valence-corrected chi connectivity index (χ0v) is 12.3. The van der Waals surface area contributed by atoms with E-state index in [-0.39, 0.29) is 17.5 Å². The molecule has 1 aromatic carbocycles. The van der Waals surface area contributed by atoms with E-state index in [1.807, 2.05) is 6.92 Å². The molecular formula is C14H18N4O3. The monoisotopic (exact) mass is 290 g/mol. The summed E-state index contributed by atoms with van der Waals surface area (Å²) in [6.45, 7) is 3.30. The second-order valence-corrected chi connectivity index (χ2v) is 5.06. The molecule has 0 atom stereocenters. The summed E-state index contributed by atoms with van der Waals surface area (Å²) in [6.07, 6.45) is 0.892. The van der Waals surface area contributed by atoms with Crippen LogP contribution in [0.5, 0.6) is 5.75 Å². The molecule has 0 bridgehead atoms. The van der Waals surface area contributed by atoms with Crippen molar-refractivity contribution in [3.63, 3.8) is 0 Å². The van der Waals surface area contributed by atoms with Crippen molar-refractivity contribution in [2.24, 2.45) is 10.2 Å². The maximum absolute atomic E-state index is 12.0. The predicted octanol–water partition coefficient (Wildman–Crippen LogP) is 2.55. The lowest BCUT2D eigenvalue weighted by atomic mass is 10.1. The quantitative estimate of drug-likeness (QED) is 0.843. The molecule has 0 saturated carbocycles. The molecule has 7 heteroatoms. The Balaban J connectivity index is 2.01. The van der Waals surface area contributed by atoms with Gasteiger partial charge >= 0.3 is 0 Å². The van der Waals surface area contributed by atoms with Gasteiger partial charge < -0.3 is 15.4 Å². The first-order valence-electron chi connectivity index (χ1n) is 6.61. The third-order valence-corrected chi connectivity index (χ3v) is 3.06. The molecule has 21 heavy (non-hydrogen) atoms. The van der Waals surface area contributed by atoms with Crippen LogP contribution >= 0.6 is 0 Å². The highest BCUT2D eigenvalue weighted by Gasteiger charge is 2.33. The number of methoxy groups -OCH3 is 1. The van der Waals surface area contributed by atoms with E-state index in [0.717, 1.165) is 0 Å². The number of anilines is 2. The van der Waals surface area contributed by atoms with Gasteiger partial charge in [-0.25, -0.2) is 0 Å². The lowest BCUT2D eigenvalue weighted by Crippen LogP contribution is -2.16. The van der Waals surface area contributed by atoms with Crippen LogP contribution in [0.1, 0.15) is 26.7 Å². The number of carbonyl (C=O) groups excluding carboxylic acids is 2. The fraction of sp³-hybridized carbons (Fsp3) is 0.429. The van der Waals surface area contributed by atoms with Gasteiger partial charge in [0.05, 0.1) is 12.8 Å². The lowest BCUT2D eigenvalue weighted by molar-refractivity contribution is -0.116. The van der Waals surface area contributed by atoms with Gasteiger partial charge in [-0.15, -0.1) is 0 Å². The lowest BCUT2D eigenvalue weighted by Gasteiger charge is -2.12. The Morgan fingerprint density at radius 2 is 2.00 bits per heavy atom. The highest BCUT2D eigenvalue weighted by Crippen LogP contribution is 2.33. The van der Waals surface area contributed by atoms with Crippen LogP contribution in [0.15, 0.2) is 28.4 Å². The molecule has 1 aromatic rings. The van der Waals surface area contributed by atoms with Gasteiger partial charge in [-0.3, -0.25) is 9.59 Å². The summed E-state index contributed by atoms with van der Waals surface area (Å²) in [7, 11) is 1.52. The highest BCUT2D eigenvalue weighted by atomic mass is 16.5. The van der Waals surface area contributed by atoms with E-state index in [1.54, 1.807) is 18.2 Å². The topological polar surface area (TPSA) is 92.2 Å². The molecule has 0 fully saturated rings. The van der Waals surface area contributed by atoms with Gasteiger partial charge in [0.25, 0.3) is 0 Å². The third-order valence-electron chi connectivity index (χ3n) is 3.06. The molecule has 0 aromatic heterocycles. The molecule has 2 N–H and O–H groups in total. The van der Waals surface area contributed by atoms with Crippen LogP contribution in [0.4, 0.5) is 11.4 Å². The minimum atomic E-state index is -0.389. The van der Waals surface area contributed by atoms with Crippen molar-refractivity contribution in [2.45, 2.75) is 32.4 Å². The molecule has 112 valence electrons. The van der Waals surface area contributed by atoms with Crippen molar-refractivity contribution in [2.75, 3.05) is 17.7 Å². The van der Waals surface area contributed by atoms with Crippen molar-refractivity contribution in [3.8, 4) is 5.75 Å². The number of nitrogens with zero attached hydrogens (tertiary/aromatic N) is 2. The van der Waals surface area contributed by atoms with Gasteiger partial charge in [0, 0.05) is 25.5 Å². The Hall–Kier alpha value is -2.44. The maximum Gasteiger partial charge on any atom is 0.224 e. The number of carbonyl (C=O) groups is 2. The Kier molecular flexibility index (Phi) is 4.21. The van der Waals surface area contributed by atoms with Gasteiger partial charge in [0.15, 0.2) is 5.66 Å². The number of rotatable bonds is 6. The van der Waals surface area contributed by atoms with Gasteiger partial charge in [-0.2, -0.15) is 10.2 Å². The summed E-state index contributed by atoms with van der Waals surface area (Å²) in [6, 6.07) is 5.05. The zero-order chi connectivity index (χ0) is 15.5. The SMILES string of the molecule is COc1ccc(NC(C)=O)cc1NC(=O)CCC1(C)N=N1. The largest absolute Gasteiger partial charge is 0.495 e. The smallest absolute Gasteiger partial charge is 0.224 e. The number of hydrogen-bond donors (Lipinski definition) is 2. The first kappa shape index (κ1) is 15.0. The maximum atomic E-state index is 12.0. The molecule has 0 unspecified atom stereocenters. The standard InChI is InChI=1S/C14H18N4O3/c1-9(19)15-10-4-5-12(21-3)11(8-10)16-13(20)6-7-14(2)17-18-14/h4-5,8H,6-7H2,1-3H3,(H,15,19)(H,16,20). The van der Waals surface area contributed by atoms with Crippen LogP contribution in [0.3, 0.4) is 0 Å². The van der Waals surface area contributed by atoms with Gasteiger partial charge in [-0.05, 0) is 25.1 Å². The zero-order valence-electron chi connectivity index (χ0n) is 12.3. The van der Waals surface area contributed by atoms with Crippen molar-refractivity contribution < 1.29 is 14.3 Å². The third kappa shape index (κ3) is 4.27. The molecule has 0 spiro atoms. The number of benzene rings is 1. The summed E-state index contributed by atoms with van der Waals surface area (Å²) < 4.78 is 5.20. The first-order valence-corrected chi connectivity index (χ1v) is 6.61. The molecule has 7 nitrogen and oxygen atoms in total. The van der Waals surface area contributed by atoms with Crippen LogP contribution in [0.25, 0.3) is 0 Å². The van der Waals surface area contributed by atoms with Crippen LogP contribution in [-0.2, 0) is 9.59 Å². The molecule has 1 aliphatic rings. The normalized spacial score (nSPS) is 14.4. The molecule has 0 aliphatic carbocycles. The average Bonchev–Trinajstić information content (AvgIpc) is 3.15. The van der Waals surface area contributed by atoms with E-state index in [2.05, 4.69) is 20.9 Å². The fourth-order valence-corrected chi connectivity index (χ4v) is 1.84. The fourth-order valence-electron chi connectivity index (χ4n) is 1.84. The predicted molar refractivity (Wildman–Crippen MR) is 78.4 cm³/mol. The number of nitrogens with one attached hydrogen (secondary N) is 2. The van der Waals surface area contributed by atoms with Crippen LogP contribution in [-0.4, -0.2) is 24.6 Å². The van der Waals surface area contributed by atoms with E-state index in [9.17, 15) is 9.59 Å². The van der Waals surface area contributed by atoms with E-state index < -0.39 is 0 Å². The van der Waals surface area contributed by atoms with Crippen molar-refractivity contribution in [1.29, 1.82) is 0 Å². The minimum Gasteiger partial charge on any atom is -0.495 e. The van der Waals surface area contributed by atoms with Crippen LogP contribution in [0.2, 0.25) is 0 Å². The number of hydrogen-bond acceptors (Lipinski definition) is 5. The van der Waals surface area contributed by atoms with Gasteiger partial charge in [0.2, 0.25) is 11.8 Å².